The number of carbonyl (C=O) groups excluding carboxylic acids is 9. The van der Waals surface area contributed by atoms with Crippen LogP contribution in [-0.2, 0) is 63.9 Å². The molecule has 2 aliphatic rings. The molecule has 1 aliphatic heterocycles. The fourth-order valence-electron chi connectivity index (χ4n) is 9.61. The number of ether oxygens (including phenoxy) is 1. The molecular weight excluding hydrogens is 1060 g/mol. The quantitative estimate of drug-likeness (QED) is 0.0350. The summed E-state index contributed by atoms with van der Waals surface area (Å²) < 4.78 is 5.54. The molecule has 1 aliphatic carbocycles. The molecule has 6 atom stereocenters. The number of amides is 9. The lowest BCUT2D eigenvalue weighted by Gasteiger charge is -2.27. The number of benzene rings is 3. The fourth-order valence-corrected chi connectivity index (χ4v) is 9.61. The standard InChI is InChI=1S/C55H66N10O16/c1-3-30(2)49(54(79)63-41(23-31-24-56-38-16-9-8-11-32(31)38)52(77)58-25-43(66)61-39(18-20-46(69)70)50(75)59-28-48(73)74)64-44(67)26-57-51(76)40(19-21-47(71)72)62-53(78)42-17-10-22-65(42)45(68)27-60-55(80)81-29-37-35-14-6-4-12-33(35)34-13-5-7-15-36(34)37/h4-9,11-16,24,30,37,39-42,49,56H,3,10,17-23,25-29H2,1-2H3,(H,57,76)(H,58,77)(H,59,75)(H,60,80)(H,61,66)(H,62,78)(H,63,79)(H,64,67)(H,69,70)(H,71,72)(H,73,74)/t30-,39-,40-,41-,42-,49-/m0/s1. The molecule has 3 aromatic carbocycles. The highest BCUT2D eigenvalue weighted by Crippen LogP contribution is 2.44. The molecule has 0 unspecified atom stereocenters. The van der Waals surface area contributed by atoms with Gasteiger partial charge in [0.15, 0.2) is 0 Å². The average molecular weight is 1120 g/mol. The van der Waals surface area contributed by atoms with E-state index in [2.05, 4.69) is 47.5 Å². The molecule has 26 heteroatoms. The first kappa shape index (κ1) is 60.9. The molecule has 0 radical (unpaired) electrons. The molecule has 1 aromatic heterocycles. The first-order valence-corrected chi connectivity index (χ1v) is 26.4. The maximum Gasteiger partial charge on any atom is 0.407 e. The predicted molar refractivity (Wildman–Crippen MR) is 287 cm³/mol. The molecule has 12 N–H and O–H groups in total. The molecule has 432 valence electrons. The van der Waals surface area contributed by atoms with Crippen LogP contribution in [0.1, 0.15) is 81.4 Å². The first-order chi connectivity index (χ1) is 38.7. The summed E-state index contributed by atoms with van der Waals surface area (Å²) in [5.41, 5.74) is 5.36. The number of nitrogens with one attached hydrogen (secondary N) is 9. The van der Waals surface area contributed by atoms with Crippen molar-refractivity contribution in [3.8, 4) is 11.1 Å². The van der Waals surface area contributed by atoms with Gasteiger partial charge in [-0.2, -0.15) is 0 Å². The lowest BCUT2D eigenvalue weighted by atomic mass is 9.97. The van der Waals surface area contributed by atoms with E-state index in [0.29, 0.717) is 29.3 Å². The van der Waals surface area contributed by atoms with E-state index in [1.54, 1.807) is 44.3 Å². The van der Waals surface area contributed by atoms with Gasteiger partial charge in [0.1, 0.15) is 49.9 Å². The Morgan fingerprint density at radius 3 is 1.79 bits per heavy atom. The monoisotopic (exact) mass is 1120 g/mol. The molecule has 1 saturated heterocycles. The fraction of sp³-hybridized carbons (Fsp3) is 0.418. The van der Waals surface area contributed by atoms with Crippen molar-refractivity contribution in [2.45, 2.75) is 101 Å². The number of hydrogen-bond acceptors (Lipinski definition) is 13. The maximum atomic E-state index is 14.2. The number of aromatic amines is 1. The van der Waals surface area contributed by atoms with Crippen molar-refractivity contribution in [1.82, 2.24) is 52.4 Å². The van der Waals surface area contributed by atoms with Gasteiger partial charge < -0.3 is 72.5 Å². The van der Waals surface area contributed by atoms with Crippen LogP contribution in [0.2, 0.25) is 0 Å². The number of para-hydroxylation sites is 1. The summed E-state index contributed by atoms with van der Waals surface area (Å²) in [6.07, 6.45) is -0.429. The number of alkyl carbamates (subject to hydrolysis) is 1. The van der Waals surface area contributed by atoms with Crippen molar-refractivity contribution in [3.63, 3.8) is 0 Å². The first-order valence-electron chi connectivity index (χ1n) is 26.4. The number of aliphatic carboxylic acids is 3. The number of H-pyrrole nitrogens is 1. The molecule has 9 amide bonds. The molecule has 0 bridgehead atoms. The molecule has 0 saturated carbocycles. The molecule has 1 fully saturated rings. The second kappa shape index (κ2) is 29.0. The third kappa shape index (κ3) is 17.1. The summed E-state index contributed by atoms with van der Waals surface area (Å²) in [4.78, 5) is 159. The average Bonchev–Trinajstić information content (AvgIpc) is 4.36. The maximum absolute atomic E-state index is 14.2. The van der Waals surface area contributed by atoms with Crippen LogP contribution in [-0.4, -0.2) is 166 Å². The van der Waals surface area contributed by atoms with Gasteiger partial charge in [0.25, 0.3) is 0 Å². The highest BCUT2D eigenvalue weighted by Gasteiger charge is 2.37. The molecular formula is C55H66N10O16. The van der Waals surface area contributed by atoms with E-state index in [1.165, 1.54) is 4.90 Å². The van der Waals surface area contributed by atoms with Gasteiger partial charge in [-0.05, 0) is 65.5 Å². The van der Waals surface area contributed by atoms with E-state index >= 15 is 0 Å². The summed E-state index contributed by atoms with van der Waals surface area (Å²) >= 11 is 0. The molecule has 26 nitrogen and oxygen atoms in total. The number of nitrogens with zero attached hydrogens (tertiary/aromatic N) is 1. The van der Waals surface area contributed by atoms with E-state index in [4.69, 9.17) is 14.9 Å². The summed E-state index contributed by atoms with van der Waals surface area (Å²) in [7, 11) is 0. The number of fused-ring (bicyclic) bond motifs is 4. The Kier molecular flexibility index (Phi) is 21.8. The molecule has 0 spiro atoms. The number of hydrogen-bond donors (Lipinski definition) is 12. The Hall–Kier alpha value is -9.36. The van der Waals surface area contributed by atoms with E-state index in [-0.39, 0.29) is 31.9 Å². The van der Waals surface area contributed by atoms with E-state index in [0.717, 1.165) is 22.3 Å². The smallest absolute Gasteiger partial charge is 0.407 e. The highest BCUT2D eigenvalue weighted by molar-refractivity contribution is 5.97. The second-order valence-corrected chi connectivity index (χ2v) is 19.6. The zero-order chi connectivity index (χ0) is 58.8. The molecule has 2 heterocycles. The van der Waals surface area contributed by atoms with Crippen LogP contribution < -0.4 is 42.5 Å². The third-order valence-electron chi connectivity index (χ3n) is 14.0. The minimum absolute atomic E-state index is 0.00640. The number of aromatic nitrogens is 1. The van der Waals surface area contributed by atoms with Crippen molar-refractivity contribution >= 4 is 82.2 Å². The summed E-state index contributed by atoms with van der Waals surface area (Å²) in [5.74, 6) is -11.7. The van der Waals surface area contributed by atoms with E-state index in [1.807, 2.05) is 48.5 Å². The normalized spacial score (nSPS) is 15.2. The Bertz CT molecular complexity index is 2970. The zero-order valence-electron chi connectivity index (χ0n) is 44.5. The van der Waals surface area contributed by atoms with Gasteiger partial charge in [-0.15, -0.1) is 0 Å². The summed E-state index contributed by atoms with van der Waals surface area (Å²) in [6.45, 7) is 0.673. The van der Waals surface area contributed by atoms with Crippen molar-refractivity contribution in [2.24, 2.45) is 5.92 Å². The molecule has 6 rings (SSSR count). The lowest BCUT2D eigenvalue weighted by Crippen LogP contribution is -2.58. The zero-order valence-corrected chi connectivity index (χ0v) is 44.5. The number of carboxylic acid groups (broad SMARTS) is 3. The predicted octanol–water partition coefficient (Wildman–Crippen LogP) is 0.388. The molecule has 4 aromatic rings. The van der Waals surface area contributed by atoms with Crippen LogP contribution in [0.15, 0.2) is 79.0 Å². The van der Waals surface area contributed by atoms with Gasteiger partial charge in [-0.1, -0.05) is 87.0 Å². The van der Waals surface area contributed by atoms with Crippen LogP contribution in [0.5, 0.6) is 0 Å². The Labute approximate surface area is 464 Å². The minimum Gasteiger partial charge on any atom is -0.481 e. The van der Waals surface area contributed by atoms with Crippen molar-refractivity contribution in [3.05, 3.63) is 95.7 Å². The SMILES string of the molecule is CC[C@H](C)[C@H](NC(=O)CNC(=O)[C@H](CCC(=O)O)NC(=O)[C@@H]1CCCN1C(=O)CNC(=O)OCC1c2ccccc2-c2ccccc21)C(=O)N[C@@H](Cc1c[nH]c2ccccc12)C(=O)NCC(=O)N[C@@H](CCC(=O)O)C(=O)NCC(=O)O. The molecule has 81 heavy (non-hydrogen) atoms. The van der Waals surface area contributed by atoms with Gasteiger partial charge >= 0.3 is 24.0 Å². The van der Waals surface area contributed by atoms with Crippen LogP contribution >= 0.6 is 0 Å². The van der Waals surface area contributed by atoms with Gasteiger partial charge in [0, 0.05) is 48.8 Å². The minimum atomic E-state index is -1.50. The summed E-state index contributed by atoms with van der Waals surface area (Å²) in [5, 5.41) is 47.6. The van der Waals surface area contributed by atoms with Crippen molar-refractivity contribution < 1.29 is 77.6 Å². The number of likely N-dealkylation sites (tertiary alicyclic amines) is 1. The lowest BCUT2D eigenvalue weighted by molar-refractivity contribution is -0.140. The van der Waals surface area contributed by atoms with Crippen molar-refractivity contribution in [2.75, 3.05) is 39.3 Å². The van der Waals surface area contributed by atoms with Gasteiger partial charge in [0.2, 0.25) is 47.3 Å². The van der Waals surface area contributed by atoms with Crippen LogP contribution in [0, 0.1) is 5.92 Å². The second-order valence-electron chi connectivity index (χ2n) is 19.6. The Morgan fingerprint density at radius 1 is 0.630 bits per heavy atom. The highest BCUT2D eigenvalue weighted by atomic mass is 16.5. The summed E-state index contributed by atoms with van der Waals surface area (Å²) in [6, 6.07) is 15.9. The number of carbonyl (C=O) groups is 12. The topological polar surface area (TPSA) is 390 Å². The Balaban J connectivity index is 1.04. The van der Waals surface area contributed by atoms with E-state index in [9.17, 15) is 62.6 Å². The Morgan fingerprint density at radius 2 is 1.19 bits per heavy atom. The number of carboxylic acids is 3. The van der Waals surface area contributed by atoms with Crippen LogP contribution in [0.3, 0.4) is 0 Å². The van der Waals surface area contributed by atoms with Crippen LogP contribution in [0.25, 0.3) is 22.0 Å². The third-order valence-corrected chi connectivity index (χ3v) is 14.0. The van der Waals surface area contributed by atoms with Gasteiger partial charge in [0.05, 0.1) is 13.1 Å². The van der Waals surface area contributed by atoms with Crippen LogP contribution in [0.4, 0.5) is 4.79 Å². The van der Waals surface area contributed by atoms with E-state index < -0.39 is 159 Å². The van der Waals surface area contributed by atoms with Gasteiger partial charge in [-0.3, -0.25) is 52.7 Å². The van der Waals surface area contributed by atoms with Gasteiger partial charge in [-0.25, -0.2) is 4.79 Å². The van der Waals surface area contributed by atoms with Crippen molar-refractivity contribution in [1.29, 1.82) is 0 Å². The largest absolute Gasteiger partial charge is 0.481 e. The number of rotatable bonds is 29.